The summed E-state index contributed by atoms with van der Waals surface area (Å²) in [5, 5.41) is 0. The maximum atomic E-state index is 13.5. The normalized spacial score (nSPS) is 21.9. The summed E-state index contributed by atoms with van der Waals surface area (Å²) in [5.41, 5.74) is 1.86. The van der Waals surface area contributed by atoms with E-state index in [9.17, 15) is 9.18 Å². The molecule has 2 atom stereocenters. The summed E-state index contributed by atoms with van der Waals surface area (Å²) in [6.07, 6.45) is 3.77. The molecule has 1 aromatic rings. The van der Waals surface area contributed by atoms with Crippen LogP contribution in [0.1, 0.15) is 36.8 Å². The van der Waals surface area contributed by atoms with E-state index < -0.39 is 0 Å². The molecule has 1 nitrogen and oxygen atoms in total. The number of aldehydes is 1. The quantitative estimate of drug-likeness (QED) is 0.679. The minimum Gasteiger partial charge on any atom is -0.303 e. The van der Waals surface area contributed by atoms with Crippen LogP contribution in [0.15, 0.2) is 18.2 Å². The smallest absolute Gasteiger partial charge is 0.126 e. The van der Waals surface area contributed by atoms with Crippen molar-refractivity contribution in [3.63, 3.8) is 0 Å². The lowest BCUT2D eigenvalue weighted by Crippen LogP contribution is -2.18. The predicted molar refractivity (Wildman–Crippen MR) is 57.3 cm³/mol. The van der Waals surface area contributed by atoms with Gasteiger partial charge < -0.3 is 4.79 Å². The van der Waals surface area contributed by atoms with Gasteiger partial charge in [0.25, 0.3) is 0 Å². The van der Waals surface area contributed by atoms with Crippen molar-refractivity contribution in [1.82, 2.24) is 0 Å². The summed E-state index contributed by atoms with van der Waals surface area (Å²) in [4.78, 5) is 10.8. The van der Waals surface area contributed by atoms with Crippen LogP contribution in [0.2, 0.25) is 0 Å². The summed E-state index contributed by atoms with van der Waals surface area (Å²) >= 11 is 0. The monoisotopic (exact) mass is 206 g/mol. The lowest BCUT2D eigenvalue weighted by Gasteiger charge is -2.27. The molecule has 2 heteroatoms. The number of fused-ring (bicyclic) bond motifs is 1. The van der Waals surface area contributed by atoms with Gasteiger partial charge in [-0.05, 0) is 42.4 Å². The Kier molecular flexibility index (Phi) is 2.85. The van der Waals surface area contributed by atoms with Gasteiger partial charge >= 0.3 is 0 Å². The zero-order valence-electron chi connectivity index (χ0n) is 8.87. The number of rotatable bonds is 2. The molecule has 0 radical (unpaired) electrons. The molecule has 0 bridgehead atoms. The SMILES string of the molecule is CC(C=O)C1CCCc2c(F)cccc21. The van der Waals surface area contributed by atoms with E-state index in [4.69, 9.17) is 0 Å². The van der Waals surface area contributed by atoms with E-state index in [2.05, 4.69) is 0 Å². The number of halogens is 1. The summed E-state index contributed by atoms with van der Waals surface area (Å²) in [7, 11) is 0. The molecule has 0 N–H and O–H groups in total. The maximum Gasteiger partial charge on any atom is 0.126 e. The Balaban J connectivity index is 2.42. The zero-order valence-corrected chi connectivity index (χ0v) is 8.87. The molecule has 0 aromatic heterocycles. The summed E-state index contributed by atoms with van der Waals surface area (Å²) in [6.45, 7) is 1.91. The van der Waals surface area contributed by atoms with Crippen molar-refractivity contribution in [1.29, 1.82) is 0 Å². The molecule has 0 spiro atoms. The molecule has 0 amide bonds. The minimum atomic E-state index is -0.115. The lowest BCUT2D eigenvalue weighted by molar-refractivity contribution is -0.111. The zero-order chi connectivity index (χ0) is 10.8. The first-order chi connectivity index (χ1) is 7.24. The molecule has 1 aromatic carbocycles. The highest BCUT2D eigenvalue weighted by Crippen LogP contribution is 2.36. The minimum absolute atomic E-state index is 0.00847. The van der Waals surface area contributed by atoms with Gasteiger partial charge in [0.05, 0.1) is 0 Å². The molecule has 0 aliphatic heterocycles. The molecular formula is C13H15FO. The molecule has 0 fully saturated rings. The molecule has 1 aliphatic rings. The van der Waals surface area contributed by atoms with E-state index in [1.807, 2.05) is 13.0 Å². The van der Waals surface area contributed by atoms with E-state index >= 15 is 0 Å². The third kappa shape index (κ3) is 1.81. The lowest BCUT2D eigenvalue weighted by atomic mass is 9.77. The first kappa shape index (κ1) is 10.3. The van der Waals surface area contributed by atoms with Crippen molar-refractivity contribution in [3.05, 3.63) is 35.1 Å². The van der Waals surface area contributed by atoms with E-state index in [0.29, 0.717) is 0 Å². The number of hydrogen-bond acceptors (Lipinski definition) is 1. The highest BCUT2D eigenvalue weighted by atomic mass is 19.1. The first-order valence-electron chi connectivity index (χ1n) is 5.46. The highest BCUT2D eigenvalue weighted by Gasteiger charge is 2.26. The van der Waals surface area contributed by atoms with Crippen LogP contribution in [0.3, 0.4) is 0 Å². The molecule has 0 saturated carbocycles. The van der Waals surface area contributed by atoms with Crippen LogP contribution in [0.5, 0.6) is 0 Å². The van der Waals surface area contributed by atoms with Crippen LogP contribution >= 0.6 is 0 Å². The van der Waals surface area contributed by atoms with Gasteiger partial charge in [-0.15, -0.1) is 0 Å². The second kappa shape index (κ2) is 4.13. The van der Waals surface area contributed by atoms with Crippen LogP contribution in [-0.4, -0.2) is 6.29 Å². The maximum absolute atomic E-state index is 13.5. The van der Waals surface area contributed by atoms with Gasteiger partial charge in [0, 0.05) is 5.92 Å². The topological polar surface area (TPSA) is 17.1 Å². The third-order valence-corrected chi connectivity index (χ3v) is 3.35. The fourth-order valence-electron chi connectivity index (χ4n) is 2.48. The standard InChI is InChI=1S/C13H15FO/c1-9(8-15)10-4-2-6-12-11(10)5-3-7-13(12)14/h3,5,7-10H,2,4,6H2,1H3. The van der Waals surface area contributed by atoms with Crippen LogP contribution in [0.4, 0.5) is 4.39 Å². The van der Waals surface area contributed by atoms with E-state index in [1.165, 1.54) is 6.07 Å². The van der Waals surface area contributed by atoms with Gasteiger partial charge in [-0.3, -0.25) is 0 Å². The van der Waals surface area contributed by atoms with Crippen LogP contribution in [0, 0.1) is 11.7 Å². The largest absolute Gasteiger partial charge is 0.303 e. The van der Waals surface area contributed by atoms with Gasteiger partial charge in [-0.25, -0.2) is 4.39 Å². The predicted octanol–water partition coefficient (Wildman–Crippen LogP) is 3.08. The Labute approximate surface area is 89.3 Å². The fraction of sp³-hybridized carbons (Fsp3) is 0.462. The van der Waals surface area contributed by atoms with Crippen molar-refractivity contribution in [2.45, 2.75) is 32.1 Å². The second-order valence-corrected chi connectivity index (χ2v) is 4.30. The Morgan fingerprint density at radius 1 is 1.53 bits per heavy atom. The van der Waals surface area contributed by atoms with E-state index in [0.717, 1.165) is 36.7 Å². The molecule has 1 aliphatic carbocycles. The van der Waals surface area contributed by atoms with Gasteiger partial charge in [0.1, 0.15) is 12.1 Å². The molecule has 0 saturated heterocycles. The van der Waals surface area contributed by atoms with Crippen molar-refractivity contribution >= 4 is 6.29 Å². The first-order valence-corrected chi connectivity index (χ1v) is 5.46. The Morgan fingerprint density at radius 3 is 3.07 bits per heavy atom. The van der Waals surface area contributed by atoms with Crippen LogP contribution in [-0.2, 0) is 11.2 Å². The van der Waals surface area contributed by atoms with Gasteiger partial charge in [0.15, 0.2) is 0 Å². The van der Waals surface area contributed by atoms with Gasteiger partial charge in [-0.1, -0.05) is 19.1 Å². The highest BCUT2D eigenvalue weighted by molar-refractivity contribution is 5.56. The number of carbonyl (C=O) groups excluding carboxylic acids is 1. The molecule has 2 rings (SSSR count). The van der Waals surface area contributed by atoms with Crippen molar-refractivity contribution in [2.75, 3.05) is 0 Å². The van der Waals surface area contributed by atoms with E-state index in [-0.39, 0.29) is 17.7 Å². The van der Waals surface area contributed by atoms with Crippen LogP contribution in [0.25, 0.3) is 0 Å². The Morgan fingerprint density at radius 2 is 2.33 bits per heavy atom. The molecular weight excluding hydrogens is 191 g/mol. The van der Waals surface area contributed by atoms with Crippen molar-refractivity contribution in [3.8, 4) is 0 Å². The van der Waals surface area contributed by atoms with Gasteiger partial charge in [0.2, 0.25) is 0 Å². The average Bonchev–Trinajstić information content (AvgIpc) is 2.28. The number of carbonyl (C=O) groups is 1. The Bertz CT molecular complexity index is 373. The Hall–Kier alpha value is -1.18. The molecule has 15 heavy (non-hydrogen) atoms. The van der Waals surface area contributed by atoms with Crippen LogP contribution < -0.4 is 0 Å². The number of hydrogen-bond donors (Lipinski definition) is 0. The molecule has 0 heterocycles. The summed E-state index contributed by atoms with van der Waals surface area (Å²) < 4.78 is 13.5. The molecule has 80 valence electrons. The summed E-state index contributed by atoms with van der Waals surface area (Å²) in [5.74, 6) is 0.0862. The fourth-order valence-corrected chi connectivity index (χ4v) is 2.48. The molecule has 2 unspecified atom stereocenters. The van der Waals surface area contributed by atoms with Crippen molar-refractivity contribution in [2.24, 2.45) is 5.92 Å². The average molecular weight is 206 g/mol. The number of benzene rings is 1. The van der Waals surface area contributed by atoms with Gasteiger partial charge in [-0.2, -0.15) is 0 Å². The van der Waals surface area contributed by atoms with E-state index in [1.54, 1.807) is 6.07 Å². The second-order valence-electron chi connectivity index (χ2n) is 4.30. The third-order valence-electron chi connectivity index (χ3n) is 3.35. The van der Waals surface area contributed by atoms with Crippen molar-refractivity contribution < 1.29 is 9.18 Å². The summed E-state index contributed by atoms with van der Waals surface area (Å²) in [6, 6.07) is 5.21.